The molecule has 0 saturated carbocycles. The summed E-state index contributed by atoms with van der Waals surface area (Å²) in [6.07, 6.45) is 0. The summed E-state index contributed by atoms with van der Waals surface area (Å²) >= 11 is 9.43. The smallest absolute Gasteiger partial charge is 0.187 e. The van der Waals surface area contributed by atoms with Crippen LogP contribution in [-0.4, -0.2) is 20.2 Å². The van der Waals surface area contributed by atoms with Crippen LogP contribution in [0.1, 0.15) is 0 Å². The molecule has 0 fully saturated rings. The summed E-state index contributed by atoms with van der Waals surface area (Å²) in [6.45, 7) is 0. The maximum Gasteiger partial charge on any atom is 0.187 e. The summed E-state index contributed by atoms with van der Waals surface area (Å²) in [4.78, 5) is 0. The maximum atomic E-state index is 13.3. The molecule has 5 nitrogen and oxygen atoms in total. The van der Waals surface area contributed by atoms with E-state index in [0.29, 0.717) is 22.1 Å². The van der Waals surface area contributed by atoms with Crippen molar-refractivity contribution >= 4 is 33.2 Å². The molecule has 0 aliphatic heterocycles. The van der Waals surface area contributed by atoms with Gasteiger partial charge in [0.2, 0.25) is 0 Å². The molecule has 0 amide bonds. The Hall–Kier alpha value is -1.99. The van der Waals surface area contributed by atoms with Crippen molar-refractivity contribution in [2.45, 2.75) is 0 Å². The predicted octanol–water partition coefficient (Wildman–Crippen LogP) is 3.47. The van der Waals surface area contributed by atoms with Gasteiger partial charge in [-0.05, 0) is 62.8 Å². The Morgan fingerprint density at radius 3 is 2.76 bits per heavy atom. The number of nitrogens with two attached hydrogens (primary N) is 1. The molecule has 2 N–H and O–H groups in total. The van der Waals surface area contributed by atoms with Gasteiger partial charge in [-0.1, -0.05) is 11.6 Å². The Kier molecular flexibility index (Phi) is 3.60. The summed E-state index contributed by atoms with van der Waals surface area (Å²) in [5.74, 6) is -0.0497. The molecule has 0 unspecified atom stereocenters. The minimum absolute atomic E-state index is 0.0345. The van der Waals surface area contributed by atoms with Gasteiger partial charge < -0.3 is 5.73 Å². The Morgan fingerprint density at radius 1 is 1.19 bits per heavy atom. The highest BCUT2D eigenvalue weighted by molar-refractivity contribution is 9.10. The SMILES string of the molecule is Nc1cc(-c2nnnn2-c2cc(Cl)ccc2Br)ccc1F. The number of tetrazole rings is 1. The van der Waals surface area contributed by atoms with Crippen molar-refractivity contribution in [3.8, 4) is 17.1 Å². The van der Waals surface area contributed by atoms with E-state index in [0.717, 1.165) is 4.47 Å². The van der Waals surface area contributed by atoms with Crippen LogP contribution in [0.4, 0.5) is 10.1 Å². The summed E-state index contributed by atoms with van der Waals surface area (Å²) in [5.41, 5.74) is 6.89. The van der Waals surface area contributed by atoms with Gasteiger partial charge in [0, 0.05) is 15.1 Å². The molecule has 2 aromatic carbocycles. The van der Waals surface area contributed by atoms with E-state index in [-0.39, 0.29) is 5.69 Å². The van der Waals surface area contributed by atoms with E-state index in [1.165, 1.54) is 16.8 Å². The Morgan fingerprint density at radius 2 is 2.00 bits per heavy atom. The molecular formula is C13H8BrClFN5. The molecule has 3 aromatic rings. The number of benzene rings is 2. The molecule has 0 radical (unpaired) electrons. The lowest BCUT2D eigenvalue weighted by atomic mass is 10.2. The molecule has 0 aliphatic rings. The average Bonchev–Trinajstić information content (AvgIpc) is 2.93. The first-order valence-corrected chi connectivity index (χ1v) is 7.02. The number of anilines is 1. The van der Waals surface area contributed by atoms with Crippen molar-refractivity contribution in [1.29, 1.82) is 0 Å². The Balaban J connectivity index is 2.17. The van der Waals surface area contributed by atoms with Gasteiger partial charge in [-0.25, -0.2) is 4.39 Å². The number of nitrogen functional groups attached to an aromatic ring is 1. The second kappa shape index (κ2) is 5.42. The van der Waals surface area contributed by atoms with Crippen LogP contribution in [0.25, 0.3) is 17.1 Å². The predicted molar refractivity (Wildman–Crippen MR) is 81.7 cm³/mol. The monoisotopic (exact) mass is 367 g/mol. The fourth-order valence-electron chi connectivity index (χ4n) is 1.86. The first-order valence-electron chi connectivity index (χ1n) is 5.85. The van der Waals surface area contributed by atoms with Crippen molar-refractivity contribution in [3.63, 3.8) is 0 Å². The zero-order chi connectivity index (χ0) is 15.0. The van der Waals surface area contributed by atoms with Gasteiger partial charge in [-0.2, -0.15) is 4.68 Å². The third-order valence-electron chi connectivity index (χ3n) is 2.86. The van der Waals surface area contributed by atoms with Crippen molar-refractivity contribution < 1.29 is 4.39 Å². The largest absolute Gasteiger partial charge is 0.396 e. The molecule has 0 saturated heterocycles. The lowest BCUT2D eigenvalue weighted by molar-refractivity contribution is 0.632. The molecular weight excluding hydrogens is 361 g/mol. The zero-order valence-corrected chi connectivity index (χ0v) is 12.8. The number of hydrogen-bond acceptors (Lipinski definition) is 4. The van der Waals surface area contributed by atoms with E-state index in [4.69, 9.17) is 17.3 Å². The Labute approximate surface area is 132 Å². The highest BCUT2D eigenvalue weighted by Crippen LogP contribution is 2.28. The summed E-state index contributed by atoms with van der Waals surface area (Å²) in [5, 5.41) is 12.1. The minimum Gasteiger partial charge on any atom is -0.396 e. The fourth-order valence-corrected chi connectivity index (χ4v) is 2.44. The van der Waals surface area contributed by atoms with Gasteiger partial charge in [-0.15, -0.1) is 5.10 Å². The van der Waals surface area contributed by atoms with Crippen LogP contribution in [0.3, 0.4) is 0 Å². The normalized spacial score (nSPS) is 10.8. The molecule has 0 spiro atoms. The molecule has 21 heavy (non-hydrogen) atoms. The Bertz CT molecular complexity index is 820. The summed E-state index contributed by atoms with van der Waals surface area (Å²) < 4.78 is 15.5. The number of halogens is 3. The average molecular weight is 369 g/mol. The van der Waals surface area contributed by atoms with E-state index in [9.17, 15) is 4.39 Å². The van der Waals surface area contributed by atoms with Crippen LogP contribution in [0.15, 0.2) is 40.9 Å². The highest BCUT2D eigenvalue weighted by Gasteiger charge is 2.14. The summed E-state index contributed by atoms with van der Waals surface area (Å²) in [7, 11) is 0. The van der Waals surface area contributed by atoms with Gasteiger partial charge >= 0.3 is 0 Å². The van der Waals surface area contributed by atoms with Crippen molar-refractivity contribution in [1.82, 2.24) is 20.2 Å². The zero-order valence-electron chi connectivity index (χ0n) is 10.5. The van der Waals surface area contributed by atoms with Crippen LogP contribution in [0.2, 0.25) is 5.02 Å². The van der Waals surface area contributed by atoms with Gasteiger partial charge in [0.15, 0.2) is 5.82 Å². The van der Waals surface area contributed by atoms with Gasteiger partial charge in [0.25, 0.3) is 0 Å². The minimum atomic E-state index is -0.485. The molecule has 1 aromatic heterocycles. The molecule has 0 atom stereocenters. The van der Waals surface area contributed by atoms with Gasteiger partial charge in [-0.3, -0.25) is 0 Å². The lowest BCUT2D eigenvalue weighted by Gasteiger charge is -2.08. The van der Waals surface area contributed by atoms with E-state index >= 15 is 0 Å². The first kappa shape index (κ1) is 14.0. The molecule has 0 aliphatic carbocycles. The van der Waals surface area contributed by atoms with Crippen LogP contribution < -0.4 is 5.73 Å². The number of rotatable bonds is 2. The molecule has 8 heteroatoms. The third kappa shape index (κ3) is 2.62. The van der Waals surface area contributed by atoms with Crippen molar-refractivity contribution in [3.05, 3.63) is 51.7 Å². The second-order valence-corrected chi connectivity index (χ2v) is 5.54. The van der Waals surface area contributed by atoms with Gasteiger partial charge in [0.1, 0.15) is 5.82 Å². The maximum absolute atomic E-state index is 13.3. The first-order chi connectivity index (χ1) is 10.1. The number of nitrogens with zero attached hydrogens (tertiary/aromatic N) is 4. The topological polar surface area (TPSA) is 69.6 Å². The standard InChI is InChI=1S/C13H8BrClFN5/c14-9-3-2-8(15)6-12(9)21-13(18-19-20-21)7-1-4-10(16)11(17)5-7/h1-6H,17H2. The van der Waals surface area contributed by atoms with Crippen LogP contribution in [0.5, 0.6) is 0 Å². The van der Waals surface area contributed by atoms with Crippen LogP contribution >= 0.6 is 27.5 Å². The molecule has 3 rings (SSSR count). The van der Waals surface area contributed by atoms with E-state index < -0.39 is 5.82 Å². The quantitative estimate of drug-likeness (QED) is 0.703. The van der Waals surface area contributed by atoms with Gasteiger partial charge in [0.05, 0.1) is 11.4 Å². The number of hydrogen-bond donors (Lipinski definition) is 1. The number of aromatic nitrogens is 4. The van der Waals surface area contributed by atoms with E-state index in [1.54, 1.807) is 24.3 Å². The molecule has 1 heterocycles. The molecule has 106 valence electrons. The highest BCUT2D eigenvalue weighted by atomic mass is 79.9. The van der Waals surface area contributed by atoms with Crippen LogP contribution in [0, 0.1) is 5.82 Å². The summed E-state index contributed by atoms with van der Waals surface area (Å²) in [6, 6.07) is 9.58. The third-order valence-corrected chi connectivity index (χ3v) is 3.77. The second-order valence-electron chi connectivity index (χ2n) is 4.25. The van der Waals surface area contributed by atoms with Crippen molar-refractivity contribution in [2.75, 3.05) is 5.73 Å². The van der Waals surface area contributed by atoms with E-state index in [2.05, 4.69) is 31.5 Å². The van der Waals surface area contributed by atoms with E-state index in [1.807, 2.05) is 0 Å². The van der Waals surface area contributed by atoms with Crippen molar-refractivity contribution in [2.24, 2.45) is 0 Å². The lowest BCUT2D eigenvalue weighted by Crippen LogP contribution is -2.01. The fraction of sp³-hybridized carbons (Fsp3) is 0. The molecule has 0 bridgehead atoms. The van der Waals surface area contributed by atoms with Crippen LogP contribution in [-0.2, 0) is 0 Å².